The second-order valence-electron chi connectivity index (χ2n) is 9.26. The Morgan fingerprint density at radius 1 is 1.23 bits per heavy atom. The fourth-order valence-electron chi connectivity index (χ4n) is 4.90. The number of benzene rings is 1. The predicted octanol–water partition coefficient (Wildman–Crippen LogP) is 3.44. The molecule has 9 heteroatoms. The summed E-state index contributed by atoms with van der Waals surface area (Å²) in [5.41, 5.74) is 8.34. The minimum absolute atomic E-state index is 0.134. The zero-order valence-corrected chi connectivity index (χ0v) is 20.0. The number of hydrogen-bond acceptors (Lipinski definition) is 8. The van der Waals surface area contributed by atoms with Crippen LogP contribution in [-0.4, -0.2) is 70.1 Å². The van der Waals surface area contributed by atoms with Gasteiger partial charge in [-0.25, -0.2) is 10.0 Å². The molecule has 2 aromatic rings. The van der Waals surface area contributed by atoms with E-state index >= 15 is 0 Å². The Morgan fingerprint density at radius 2 is 2.06 bits per heavy atom. The Balaban J connectivity index is 1.41. The van der Waals surface area contributed by atoms with Crippen LogP contribution in [-0.2, 0) is 0 Å². The first-order chi connectivity index (χ1) is 17.0. The third kappa shape index (κ3) is 4.77. The van der Waals surface area contributed by atoms with Crippen LogP contribution in [0.4, 0.5) is 0 Å². The van der Waals surface area contributed by atoms with Crippen molar-refractivity contribution in [3.05, 3.63) is 65.8 Å². The van der Waals surface area contributed by atoms with Crippen LogP contribution in [0.1, 0.15) is 43.1 Å². The molecular formula is C26H31N7O2. The molecule has 1 unspecified atom stereocenters. The highest BCUT2D eigenvalue weighted by Crippen LogP contribution is 2.28. The van der Waals surface area contributed by atoms with E-state index in [1.807, 2.05) is 54.4 Å². The number of hydrogen-bond donors (Lipinski definition) is 1. The van der Waals surface area contributed by atoms with Crippen LogP contribution >= 0.6 is 0 Å². The lowest BCUT2D eigenvalue weighted by molar-refractivity contribution is 0.0651. The molecule has 5 rings (SSSR count). The van der Waals surface area contributed by atoms with Gasteiger partial charge in [-0.05, 0) is 38.7 Å². The second kappa shape index (κ2) is 9.87. The molecular weight excluding hydrogens is 442 g/mol. The minimum Gasteiger partial charge on any atom is -0.355 e. The molecule has 9 nitrogen and oxygen atoms in total. The summed E-state index contributed by atoms with van der Waals surface area (Å²) in [5.74, 6) is 2.00. The number of aliphatic imine (C=N–C) groups is 1. The summed E-state index contributed by atoms with van der Waals surface area (Å²) < 4.78 is 5.48. The van der Waals surface area contributed by atoms with Gasteiger partial charge < -0.3 is 20.1 Å². The molecule has 2 atom stereocenters. The summed E-state index contributed by atoms with van der Waals surface area (Å²) in [6.45, 7) is 8.04. The quantitative estimate of drug-likeness (QED) is 0.683. The van der Waals surface area contributed by atoms with Gasteiger partial charge in [0.25, 0.3) is 5.91 Å². The van der Waals surface area contributed by atoms with Gasteiger partial charge in [0.05, 0.1) is 6.04 Å². The van der Waals surface area contributed by atoms with Gasteiger partial charge in [-0.3, -0.25) is 4.79 Å². The van der Waals surface area contributed by atoms with Gasteiger partial charge in [0.1, 0.15) is 5.84 Å². The van der Waals surface area contributed by atoms with Crippen molar-refractivity contribution in [2.75, 3.05) is 19.6 Å². The van der Waals surface area contributed by atoms with Crippen molar-refractivity contribution in [2.24, 2.45) is 15.8 Å². The Labute approximate surface area is 205 Å². The molecule has 1 aromatic carbocycles. The number of piperidine rings is 1. The number of nitrogens with two attached hydrogens (primary N) is 1. The van der Waals surface area contributed by atoms with Crippen molar-refractivity contribution in [3.63, 3.8) is 0 Å². The van der Waals surface area contributed by atoms with E-state index < -0.39 is 0 Å². The maximum atomic E-state index is 13.5. The van der Waals surface area contributed by atoms with E-state index in [1.54, 1.807) is 11.1 Å². The van der Waals surface area contributed by atoms with Crippen LogP contribution in [0.5, 0.6) is 0 Å². The molecule has 2 N–H and O–H groups in total. The van der Waals surface area contributed by atoms with Crippen LogP contribution in [0.2, 0.25) is 0 Å². The SMILES string of the molecule is C=NN1C=C(C)C(N2CC[C@H](N)C2)=N/C1=C/C1CCCCN1C(=O)c1cc(-c2ccccc2)on1. The highest BCUT2D eigenvalue weighted by Gasteiger charge is 2.31. The van der Waals surface area contributed by atoms with Crippen molar-refractivity contribution in [1.82, 2.24) is 20.0 Å². The molecule has 35 heavy (non-hydrogen) atoms. The fourth-order valence-corrected chi connectivity index (χ4v) is 4.90. The van der Waals surface area contributed by atoms with Gasteiger partial charge in [-0.1, -0.05) is 35.5 Å². The molecule has 182 valence electrons. The molecule has 0 saturated carbocycles. The number of hydrazone groups is 1. The van der Waals surface area contributed by atoms with Gasteiger partial charge in [0.2, 0.25) is 0 Å². The Kier molecular flexibility index (Phi) is 6.50. The van der Waals surface area contributed by atoms with Gasteiger partial charge in [-0.2, -0.15) is 5.10 Å². The Morgan fingerprint density at radius 3 is 2.80 bits per heavy atom. The van der Waals surface area contributed by atoms with E-state index in [-0.39, 0.29) is 18.0 Å². The van der Waals surface area contributed by atoms with E-state index in [0.29, 0.717) is 23.8 Å². The molecule has 0 radical (unpaired) electrons. The Bertz CT molecular complexity index is 1180. The summed E-state index contributed by atoms with van der Waals surface area (Å²) in [6, 6.07) is 11.4. The first-order valence-corrected chi connectivity index (χ1v) is 12.1. The number of rotatable bonds is 4. The standard InChI is InChI=1S/C26H31N7O2/c1-18-16-33(28-2)24(29-25(18)31-13-11-20(27)17-31)14-21-10-6-7-12-32(21)26(34)22-15-23(35-30-22)19-8-4-3-5-9-19/h3-5,8-9,14-16,20-21H,2,6-7,10-13,17,27H2,1H3/b24-14-/t20-,21?/m0/s1. The maximum Gasteiger partial charge on any atom is 0.276 e. The van der Waals surface area contributed by atoms with Crippen molar-refractivity contribution < 1.29 is 9.32 Å². The van der Waals surface area contributed by atoms with Gasteiger partial charge in [0.15, 0.2) is 17.3 Å². The molecule has 0 bridgehead atoms. The number of amides is 1. The van der Waals surface area contributed by atoms with E-state index in [2.05, 4.69) is 21.9 Å². The van der Waals surface area contributed by atoms with E-state index in [9.17, 15) is 4.79 Å². The monoisotopic (exact) mass is 473 g/mol. The zero-order valence-electron chi connectivity index (χ0n) is 20.0. The fraction of sp³-hybridized carbons (Fsp3) is 0.385. The largest absolute Gasteiger partial charge is 0.355 e. The smallest absolute Gasteiger partial charge is 0.276 e. The lowest BCUT2D eigenvalue weighted by Gasteiger charge is -2.35. The van der Waals surface area contributed by atoms with E-state index in [4.69, 9.17) is 15.2 Å². The third-order valence-electron chi connectivity index (χ3n) is 6.74. The average molecular weight is 474 g/mol. The van der Waals surface area contributed by atoms with E-state index in [0.717, 1.165) is 55.7 Å². The van der Waals surface area contributed by atoms with Crippen molar-refractivity contribution >= 4 is 18.5 Å². The van der Waals surface area contributed by atoms with Crippen LogP contribution in [0.25, 0.3) is 11.3 Å². The highest BCUT2D eigenvalue weighted by molar-refractivity contribution is 5.99. The molecule has 2 saturated heterocycles. The number of amidine groups is 1. The normalized spacial score (nSPS) is 23.9. The van der Waals surface area contributed by atoms with Crippen LogP contribution in [0, 0.1) is 0 Å². The van der Waals surface area contributed by atoms with Crippen LogP contribution in [0.3, 0.4) is 0 Å². The van der Waals surface area contributed by atoms with Crippen molar-refractivity contribution in [3.8, 4) is 11.3 Å². The molecule has 1 aromatic heterocycles. The molecule has 0 aliphatic carbocycles. The maximum absolute atomic E-state index is 13.5. The molecule has 3 aliphatic rings. The summed E-state index contributed by atoms with van der Waals surface area (Å²) in [7, 11) is 0. The molecule has 2 fully saturated rings. The number of carbonyl (C=O) groups is 1. The summed E-state index contributed by atoms with van der Waals surface area (Å²) in [4.78, 5) is 22.5. The van der Waals surface area contributed by atoms with Crippen molar-refractivity contribution in [2.45, 2.75) is 44.7 Å². The van der Waals surface area contributed by atoms with Crippen molar-refractivity contribution in [1.29, 1.82) is 0 Å². The summed E-state index contributed by atoms with van der Waals surface area (Å²) in [6.07, 6.45) is 7.71. The molecule has 0 spiro atoms. The lowest BCUT2D eigenvalue weighted by Crippen LogP contribution is -2.43. The van der Waals surface area contributed by atoms with Gasteiger partial charge >= 0.3 is 0 Å². The average Bonchev–Trinajstić information content (AvgIpc) is 3.55. The van der Waals surface area contributed by atoms with E-state index in [1.165, 1.54) is 0 Å². The highest BCUT2D eigenvalue weighted by atomic mass is 16.5. The molecule has 1 amide bonds. The van der Waals surface area contributed by atoms with Gasteiger partial charge in [-0.15, -0.1) is 0 Å². The van der Waals surface area contributed by atoms with Crippen LogP contribution in [0.15, 0.2) is 74.7 Å². The lowest BCUT2D eigenvalue weighted by atomic mass is 10.0. The predicted molar refractivity (Wildman–Crippen MR) is 135 cm³/mol. The topological polar surface area (TPSA) is 104 Å². The minimum atomic E-state index is -0.146. The number of likely N-dealkylation sites (tertiary alicyclic amines) is 2. The number of carbonyl (C=O) groups excluding carboxylic acids is 1. The molecule has 3 aliphatic heterocycles. The zero-order chi connectivity index (χ0) is 24.4. The number of aromatic nitrogens is 1. The number of nitrogens with zero attached hydrogens (tertiary/aromatic N) is 6. The first kappa shape index (κ1) is 23.0. The van der Waals surface area contributed by atoms with Crippen LogP contribution < -0.4 is 5.73 Å². The summed E-state index contributed by atoms with van der Waals surface area (Å²) in [5, 5.41) is 9.90. The summed E-state index contributed by atoms with van der Waals surface area (Å²) >= 11 is 0. The first-order valence-electron chi connectivity index (χ1n) is 12.1. The third-order valence-corrected chi connectivity index (χ3v) is 6.74. The van der Waals surface area contributed by atoms with Gasteiger partial charge in [0, 0.05) is 55.8 Å². The Hall–Kier alpha value is -3.72. The second-order valence-corrected chi connectivity index (χ2v) is 9.26. The molecule has 4 heterocycles.